The van der Waals surface area contributed by atoms with Crippen molar-refractivity contribution >= 4 is 37.5 Å². The quantitative estimate of drug-likeness (QED) is 0.711. The highest BCUT2D eigenvalue weighted by Gasteiger charge is 2.22. The molecule has 8 heteroatoms. The van der Waals surface area contributed by atoms with Gasteiger partial charge in [0, 0.05) is 4.47 Å². The van der Waals surface area contributed by atoms with Gasteiger partial charge in [0.05, 0.1) is 23.2 Å². The Morgan fingerprint density at radius 1 is 1.16 bits per heavy atom. The molecule has 0 bridgehead atoms. The van der Waals surface area contributed by atoms with Gasteiger partial charge in [-0.05, 0) is 66.2 Å². The van der Waals surface area contributed by atoms with Crippen molar-refractivity contribution in [1.29, 1.82) is 0 Å². The molecular weight excluding hydrogens is 408 g/mol. The summed E-state index contributed by atoms with van der Waals surface area (Å²) in [6.45, 7) is 3.83. The molecule has 0 aliphatic rings. The Hall–Kier alpha value is -1.90. The Morgan fingerprint density at radius 3 is 2.40 bits per heavy atom. The van der Waals surface area contributed by atoms with E-state index in [-0.39, 0.29) is 4.90 Å². The van der Waals surface area contributed by atoms with Gasteiger partial charge >= 0.3 is 0 Å². The Kier molecular flexibility index (Phi) is 6.57. The summed E-state index contributed by atoms with van der Waals surface area (Å²) in [7, 11) is -3.82. The van der Waals surface area contributed by atoms with Gasteiger partial charge in [0.1, 0.15) is 5.75 Å². The van der Waals surface area contributed by atoms with Crippen LogP contribution in [-0.2, 0) is 14.8 Å². The smallest absolute Gasteiger partial charge is 0.242 e. The topological polar surface area (TPSA) is 84.5 Å². The molecule has 0 unspecified atom stereocenters. The molecule has 1 atom stereocenters. The number of sulfonamides is 1. The molecule has 6 nitrogen and oxygen atoms in total. The van der Waals surface area contributed by atoms with E-state index in [2.05, 4.69) is 26.0 Å². The van der Waals surface area contributed by atoms with Gasteiger partial charge in [-0.2, -0.15) is 4.72 Å². The summed E-state index contributed by atoms with van der Waals surface area (Å²) in [6.07, 6.45) is 0. The Balaban J connectivity index is 2.06. The van der Waals surface area contributed by atoms with E-state index in [1.165, 1.54) is 19.1 Å². The lowest BCUT2D eigenvalue weighted by molar-refractivity contribution is -0.117. The number of ether oxygens (including phenoxy) is 1. The van der Waals surface area contributed by atoms with Crippen LogP contribution in [0.2, 0.25) is 0 Å². The van der Waals surface area contributed by atoms with E-state index in [4.69, 9.17) is 4.74 Å². The van der Waals surface area contributed by atoms with Crippen LogP contribution >= 0.6 is 15.9 Å². The van der Waals surface area contributed by atoms with Crippen molar-refractivity contribution in [2.45, 2.75) is 24.8 Å². The number of benzene rings is 2. The third-order valence-corrected chi connectivity index (χ3v) is 5.55. The minimum atomic E-state index is -3.82. The molecule has 2 N–H and O–H groups in total. The maximum absolute atomic E-state index is 12.4. The first-order chi connectivity index (χ1) is 11.8. The summed E-state index contributed by atoms with van der Waals surface area (Å²) in [5.74, 6) is 0.127. The first-order valence-electron chi connectivity index (χ1n) is 7.64. The van der Waals surface area contributed by atoms with Gasteiger partial charge in [-0.25, -0.2) is 8.42 Å². The molecule has 0 aliphatic heterocycles. The number of para-hydroxylation sites is 1. The molecule has 0 aromatic heterocycles. The number of carbonyl (C=O) groups excluding carboxylic acids is 1. The molecule has 2 aromatic carbocycles. The first-order valence-corrected chi connectivity index (χ1v) is 9.91. The summed E-state index contributed by atoms with van der Waals surface area (Å²) in [5.41, 5.74) is 0.569. The molecule has 2 aromatic rings. The molecule has 1 amide bonds. The van der Waals surface area contributed by atoms with Crippen LogP contribution in [0.3, 0.4) is 0 Å². The SMILES string of the molecule is CCOc1ccc(S(=O)(=O)N[C@@H](C)C(=O)Nc2ccccc2Br)cc1. The lowest BCUT2D eigenvalue weighted by Gasteiger charge is -2.15. The van der Waals surface area contributed by atoms with Gasteiger partial charge in [-0.1, -0.05) is 12.1 Å². The monoisotopic (exact) mass is 426 g/mol. The first kappa shape index (κ1) is 19.4. The largest absolute Gasteiger partial charge is 0.494 e. The number of amides is 1. The van der Waals surface area contributed by atoms with Crippen molar-refractivity contribution < 1.29 is 17.9 Å². The minimum Gasteiger partial charge on any atom is -0.494 e. The van der Waals surface area contributed by atoms with Crippen LogP contribution in [0, 0.1) is 0 Å². The van der Waals surface area contributed by atoms with Crippen LogP contribution in [0.25, 0.3) is 0 Å². The number of anilines is 1. The van der Waals surface area contributed by atoms with Crippen molar-refractivity contribution in [2.24, 2.45) is 0 Å². The van der Waals surface area contributed by atoms with E-state index in [0.29, 0.717) is 22.5 Å². The summed E-state index contributed by atoms with van der Waals surface area (Å²) < 4.78 is 33.2. The Labute approximate surface area is 155 Å². The van der Waals surface area contributed by atoms with E-state index in [1.807, 2.05) is 13.0 Å². The van der Waals surface area contributed by atoms with Crippen LogP contribution in [0.1, 0.15) is 13.8 Å². The van der Waals surface area contributed by atoms with Crippen LogP contribution in [0.4, 0.5) is 5.69 Å². The summed E-state index contributed by atoms with van der Waals surface area (Å²) in [6, 6.07) is 12.2. The van der Waals surface area contributed by atoms with Crippen LogP contribution < -0.4 is 14.8 Å². The van der Waals surface area contributed by atoms with E-state index in [0.717, 1.165) is 0 Å². The molecule has 2 rings (SSSR count). The zero-order chi connectivity index (χ0) is 18.4. The van der Waals surface area contributed by atoms with Gasteiger partial charge in [0.25, 0.3) is 0 Å². The van der Waals surface area contributed by atoms with E-state index in [1.54, 1.807) is 30.3 Å². The average Bonchev–Trinajstić information content (AvgIpc) is 2.57. The van der Waals surface area contributed by atoms with Crippen molar-refractivity contribution in [3.8, 4) is 5.75 Å². The van der Waals surface area contributed by atoms with E-state index in [9.17, 15) is 13.2 Å². The molecule has 0 spiro atoms. The third-order valence-electron chi connectivity index (χ3n) is 3.30. The lowest BCUT2D eigenvalue weighted by atomic mass is 10.3. The van der Waals surface area contributed by atoms with E-state index < -0.39 is 22.0 Å². The zero-order valence-electron chi connectivity index (χ0n) is 13.8. The number of nitrogens with one attached hydrogen (secondary N) is 2. The summed E-state index contributed by atoms with van der Waals surface area (Å²) >= 11 is 3.33. The molecule has 25 heavy (non-hydrogen) atoms. The van der Waals surface area contributed by atoms with Gasteiger partial charge in [-0.3, -0.25) is 4.79 Å². The lowest BCUT2D eigenvalue weighted by Crippen LogP contribution is -2.41. The molecule has 134 valence electrons. The summed E-state index contributed by atoms with van der Waals surface area (Å²) in [5, 5.41) is 2.68. The maximum Gasteiger partial charge on any atom is 0.242 e. The third kappa shape index (κ3) is 5.29. The highest BCUT2D eigenvalue weighted by Crippen LogP contribution is 2.21. The number of carbonyl (C=O) groups is 1. The fourth-order valence-corrected chi connectivity index (χ4v) is 3.63. The van der Waals surface area contributed by atoms with Crippen molar-refractivity contribution in [3.63, 3.8) is 0 Å². The predicted octanol–water partition coefficient (Wildman–Crippen LogP) is 3.15. The van der Waals surface area contributed by atoms with Gasteiger partial charge in [0.2, 0.25) is 15.9 Å². The molecule has 0 fully saturated rings. The predicted molar refractivity (Wildman–Crippen MR) is 100 cm³/mol. The van der Waals surface area contributed by atoms with Crippen molar-refractivity contribution in [3.05, 3.63) is 53.0 Å². The number of halogens is 1. The number of rotatable bonds is 7. The van der Waals surface area contributed by atoms with Crippen LogP contribution in [0.15, 0.2) is 57.9 Å². The van der Waals surface area contributed by atoms with Gasteiger partial charge < -0.3 is 10.1 Å². The fourth-order valence-electron chi connectivity index (χ4n) is 2.04. The average molecular weight is 427 g/mol. The highest BCUT2D eigenvalue weighted by molar-refractivity contribution is 9.10. The van der Waals surface area contributed by atoms with Crippen LogP contribution in [0.5, 0.6) is 5.75 Å². The zero-order valence-corrected chi connectivity index (χ0v) is 16.2. The second-order valence-electron chi connectivity index (χ2n) is 5.22. The fraction of sp³-hybridized carbons (Fsp3) is 0.235. The Morgan fingerprint density at radius 2 is 1.80 bits per heavy atom. The van der Waals surface area contributed by atoms with Crippen LogP contribution in [-0.4, -0.2) is 27.0 Å². The number of hydrogen-bond donors (Lipinski definition) is 2. The van der Waals surface area contributed by atoms with Gasteiger partial charge in [0.15, 0.2) is 0 Å². The Bertz CT molecular complexity index is 838. The van der Waals surface area contributed by atoms with Crippen molar-refractivity contribution in [2.75, 3.05) is 11.9 Å². The normalized spacial score (nSPS) is 12.4. The molecule has 0 radical (unpaired) electrons. The molecular formula is C17H19BrN2O4S. The van der Waals surface area contributed by atoms with Crippen molar-refractivity contribution in [1.82, 2.24) is 4.72 Å². The van der Waals surface area contributed by atoms with Gasteiger partial charge in [-0.15, -0.1) is 0 Å². The second kappa shape index (κ2) is 8.46. The number of hydrogen-bond acceptors (Lipinski definition) is 4. The van der Waals surface area contributed by atoms with E-state index >= 15 is 0 Å². The standard InChI is InChI=1S/C17H19BrN2O4S/c1-3-24-13-8-10-14(11-9-13)25(22,23)20-12(2)17(21)19-16-7-5-4-6-15(16)18/h4-12,20H,3H2,1-2H3,(H,19,21)/t12-/m0/s1. The highest BCUT2D eigenvalue weighted by atomic mass is 79.9. The molecule has 0 saturated heterocycles. The molecule has 0 saturated carbocycles. The molecule has 0 heterocycles. The second-order valence-corrected chi connectivity index (χ2v) is 7.78. The summed E-state index contributed by atoms with van der Waals surface area (Å²) in [4.78, 5) is 12.3. The minimum absolute atomic E-state index is 0.0662. The molecule has 0 aliphatic carbocycles. The maximum atomic E-state index is 12.4.